The topological polar surface area (TPSA) is 131 Å². The largest absolute Gasteiger partial charge is 0.481 e. The van der Waals surface area contributed by atoms with Gasteiger partial charge in [0.05, 0.1) is 30.9 Å². The number of hydrogen-bond donors (Lipinski definition) is 2. The molecule has 0 bridgehead atoms. The number of allylic oxidation sites excluding steroid dienone is 1. The van der Waals surface area contributed by atoms with Gasteiger partial charge >= 0.3 is 0 Å². The van der Waals surface area contributed by atoms with Gasteiger partial charge < -0.3 is 20.4 Å². The lowest BCUT2D eigenvalue weighted by Gasteiger charge is -2.35. The van der Waals surface area contributed by atoms with Gasteiger partial charge in [0.1, 0.15) is 23.0 Å². The van der Waals surface area contributed by atoms with E-state index in [2.05, 4.69) is 37.3 Å². The Balaban J connectivity index is 1.34. The molecule has 0 aromatic carbocycles. The minimum absolute atomic E-state index is 0.431. The Kier molecular flexibility index (Phi) is 7.24. The Hall–Kier alpha value is -4.82. The SMILES string of the molecule is CN/C=C(\C=N)c1cn2ncc(C#N)c2c(-c2ccc(N3CCN(Cc4ccc(OC)nc4)CC3)nc2)n1. The van der Waals surface area contributed by atoms with Crippen LogP contribution in [0.15, 0.2) is 55.3 Å². The van der Waals surface area contributed by atoms with Crippen LogP contribution in [0.1, 0.15) is 16.8 Å². The lowest BCUT2D eigenvalue weighted by Crippen LogP contribution is -2.46. The molecule has 11 heteroatoms. The molecule has 192 valence electrons. The molecule has 4 aromatic rings. The summed E-state index contributed by atoms with van der Waals surface area (Å²) in [4.78, 5) is 18.5. The number of nitriles is 1. The predicted molar refractivity (Wildman–Crippen MR) is 145 cm³/mol. The van der Waals surface area contributed by atoms with Gasteiger partial charge in [0.15, 0.2) is 0 Å². The third kappa shape index (κ3) is 5.02. The van der Waals surface area contributed by atoms with Crippen molar-refractivity contribution >= 4 is 23.1 Å². The summed E-state index contributed by atoms with van der Waals surface area (Å²) in [5, 5.41) is 24.7. The highest BCUT2D eigenvalue weighted by Gasteiger charge is 2.20. The molecule has 0 spiro atoms. The van der Waals surface area contributed by atoms with Crippen LogP contribution in [0.4, 0.5) is 5.82 Å². The fourth-order valence-electron chi connectivity index (χ4n) is 4.51. The molecule has 1 fully saturated rings. The molecule has 0 radical (unpaired) electrons. The monoisotopic (exact) mass is 508 g/mol. The van der Waals surface area contributed by atoms with Crippen molar-refractivity contribution in [2.75, 3.05) is 45.2 Å². The minimum atomic E-state index is 0.431. The van der Waals surface area contributed by atoms with E-state index in [9.17, 15) is 5.26 Å². The van der Waals surface area contributed by atoms with Crippen molar-refractivity contribution in [1.82, 2.24) is 34.8 Å². The quantitative estimate of drug-likeness (QED) is 0.345. The van der Waals surface area contributed by atoms with Gasteiger partial charge in [-0.25, -0.2) is 19.5 Å². The average molecular weight is 509 g/mol. The summed E-state index contributed by atoms with van der Waals surface area (Å²) in [6, 6.07) is 10.1. The van der Waals surface area contributed by atoms with Crippen LogP contribution >= 0.6 is 0 Å². The molecule has 1 saturated heterocycles. The average Bonchev–Trinajstić information content (AvgIpc) is 3.39. The highest BCUT2D eigenvalue weighted by molar-refractivity contribution is 6.07. The zero-order valence-electron chi connectivity index (χ0n) is 21.3. The Morgan fingerprint density at radius 1 is 1.13 bits per heavy atom. The normalized spacial score (nSPS) is 14.3. The van der Waals surface area contributed by atoms with Crippen LogP contribution in [-0.2, 0) is 6.54 Å². The third-order valence-electron chi connectivity index (χ3n) is 6.50. The van der Waals surface area contributed by atoms with Gasteiger partial charge in [0, 0.05) is 81.8 Å². The molecule has 11 nitrogen and oxygen atoms in total. The molecule has 2 N–H and O–H groups in total. The van der Waals surface area contributed by atoms with Crippen LogP contribution in [0.5, 0.6) is 5.88 Å². The first-order valence-corrected chi connectivity index (χ1v) is 12.2. The lowest BCUT2D eigenvalue weighted by atomic mass is 10.1. The van der Waals surface area contributed by atoms with E-state index >= 15 is 0 Å². The highest BCUT2D eigenvalue weighted by Crippen LogP contribution is 2.28. The summed E-state index contributed by atoms with van der Waals surface area (Å²) < 4.78 is 6.78. The number of ether oxygens (including phenoxy) is 1. The maximum atomic E-state index is 9.63. The molecule has 0 aliphatic carbocycles. The number of pyridine rings is 2. The number of piperazine rings is 1. The van der Waals surface area contributed by atoms with Gasteiger partial charge in [0.25, 0.3) is 0 Å². The molecule has 38 heavy (non-hydrogen) atoms. The second-order valence-electron chi connectivity index (χ2n) is 8.85. The van der Waals surface area contributed by atoms with Crippen molar-refractivity contribution in [2.45, 2.75) is 6.54 Å². The third-order valence-corrected chi connectivity index (χ3v) is 6.50. The lowest BCUT2D eigenvalue weighted by molar-refractivity contribution is 0.249. The Bertz CT molecular complexity index is 1490. The summed E-state index contributed by atoms with van der Waals surface area (Å²) >= 11 is 0. The molecule has 0 unspecified atom stereocenters. The van der Waals surface area contributed by atoms with Crippen LogP contribution < -0.4 is 15.0 Å². The number of fused-ring (bicyclic) bond motifs is 1. The van der Waals surface area contributed by atoms with E-state index in [4.69, 9.17) is 20.1 Å². The number of rotatable bonds is 8. The fraction of sp³-hybridized carbons (Fsp3) is 0.259. The van der Waals surface area contributed by atoms with Crippen LogP contribution in [0.2, 0.25) is 0 Å². The number of aromatic nitrogens is 5. The smallest absolute Gasteiger partial charge is 0.212 e. The summed E-state index contributed by atoms with van der Waals surface area (Å²) in [6.07, 6.45) is 9.83. The molecule has 0 atom stereocenters. The molecule has 1 aliphatic rings. The van der Waals surface area contributed by atoms with Crippen molar-refractivity contribution in [2.24, 2.45) is 0 Å². The Labute approximate surface area is 220 Å². The van der Waals surface area contributed by atoms with Crippen molar-refractivity contribution in [3.63, 3.8) is 0 Å². The van der Waals surface area contributed by atoms with E-state index in [-0.39, 0.29) is 0 Å². The zero-order chi connectivity index (χ0) is 26.5. The van der Waals surface area contributed by atoms with Gasteiger partial charge in [-0.15, -0.1) is 0 Å². The number of anilines is 1. The van der Waals surface area contributed by atoms with E-state index in [0.29, 0.717) is 33.9 Å². The van der Waals surface area contributed by atoms with E-state index < -0.39 is 0 Å². The highest BCUT2D eigenvalue weighted by atomic mass is 16.5. The summed E-state index contributed by atoms with van der Waals surface area (Å²) in [7, 11) is 3.39. The summed E-state index contributed by atoms with van der Waals surface area (Å²) in [5.74, 6) is 1.52. The van der Waals surface area contributed by atoms with E-state index in [0.717, 1.165) is 49.7 Å². The molecule has 5 rings (SSSR count). The van der Waals surface area contributed by atoms with Crippen molar-refractivity contribution in [3.8, 4) is 23.2 Å². The summed E-state index contributed by atoms with van der Waals surface area (Å²) in [5.41, 5.74) is 4.74. The summed E-state index contributed by atoms with van der Waals surface area (Å²) in [6.45, 7) is 4.43. The maximum Gasteiger partial charge on any atom is 0.212 e. The van der Waals surface area contributed by atoms with Crippen molar-refractivity contribution in [3.05, 3.63) is 72.1 Å². The van der Waals surface area contributed by atoms with E-state index in [1.165, 1.54) is 12.4 Å². The first-order chi connectivity index (χ1) is 18.6. The number of hydrogen-bond acceptors (Lipinski definition) is 10. The van der Waals surface area contributed by atoms with Crippen molar-refractivity contribution in [1.29, 1.82) is 10.7 Å². The number of nitrogens with one attached hydrogen (secondary N) is 2. The zero-order valence-corrected chi connectivity index (χ0v) is 21.3. The van der Waals surface area contributed by atoms with Crippen LogP contribution in [0, 0.1) is 16.7 Å². The van der Waals surface area contributed by atoms with Gasteiger partial charge in [-0.05, 0) is 17.7 Å². The van der Waals surface area contributed by atoms with E-state index in [1.807, 2.05) is 24.4 Å². The Morgan fingerprint density at radius 3 is 2.61 bits per heavy atom. The first-order valence-electron chi connectivity index (χ1n) is 12.2. The fourth-order valence-corrected chi connectivity index (χ4v) is 4.51. The van der Waals surface area contributed by atoms with Gasteiger partial charge in [0.2, 0.25) is 5.88 Å². The number of methoxy groups -OCH3 is 1. The molecule has 4 aromatic heterocycles. The molecular formula is C27H28N10O. The molecule has 0 amide bonds. The minimum Gasteiger partial charge on any atom is -0.481 e. The molecular weight excluding hydrogens is 480 g/mol. The van der Waals surface area contributed by atoms with Crippen LogP contribution in [-0.4, -0.2) is 76.0 Å². The van der Waals surface area contributed by atoms with Gasteiger partial charge in [-0.3, -0.25) is 4.90 Å². The predicted octanol–water partition coefficient (Wildman–Crippen LogP) is 2.60. The second kappa shape index (κ2) is 11.1. The molecule has 1 aliphatic heterocycles. The first kappa shape index (κ1) is 24.9. The standard InChI is InChI=1S/C27H28N10O/c1-30-14-21(11-28)23-18-37-27(22(12-29)16-33-37)26(34-23)20-4-5-24(31-15-20)36-9-7-35(8-10-36)17-19-3-6-25(38-2)32-13-19/h3-6,11,13-16,18,28,30H,7-10,17H2,1-2H3/b21-14+,28-11?. The van der Waals surface area contributed by atoms with E-state index in [1.54, 1.807) is 37.3 Å². The van der Waals surface area contributed by atoms with Crippen LogP contribution in [0.3, 0.4) is 0 Å². The number of nitrogens with zero attached hydrogens (tertiary/aromatic N) is 8. The molecule has 0 saturated carbocycles. The van der Waals surface area contributed by atoms with Gasteiger partial charge in [-0.2, -0.15) is 10.4 Å². The Morgan fingerprint density at radius 2 is 1.97 bits per heavy atom. The second-order valence-corrected chi connectivity index (χ2v) is 8.85. The van der Waals surface area contributed by atoms with Gasteiger partial charge in [-0.1, -0.05) is 6.07 Å². The maximum absolute atomic E-state index is 9.63. The molecule has 5 heterocycles. The van der Waals surface area contributed by atoms with Crippen molar-refractivity contribution < 1.29 is 4.74 Å². The van der Waals surface area contributed by atoms with Crippen LogP contribution in [0.25, 0.3) is 22.3 Å².